The van der Waals surface area contributed by atoms with E-state index < -0.39 is 0 Å². The minimum atomic E-state index is -0.236. The Morgan fingerprint density at radius 1 is 1.14 bits per heavy atom. The lowest BCUT2D eigenvalue weighted by atomic mass is 10.00. The van der Waals surface area contributed by atoms with Gasteiger partial charge in [-0.1, -0.05) is 47.7 Å². The lowest BCUT2D eigenvalue weighted by Gasteiger charge is -2.13. The summed E-state index contributed by atoms with van der Waals surface area (Å²) in [6.07, 6.45) is 1.71. The third kappa shape index (κ3) is 2.96. The third-order valence-electron chi connectivity index (χ3n) is 5.37. The number of aryl methyl sites for hydroxylation is 1. The molecule has 1 atom stereocenters. The number of aromatic amines is 1. The first-order valence-electron chi connectivity index (χ1n) is 9.26. The van der Waals surface area contributed by atoms with E-state index in [1.54, 1.807) is 6.07 Å². The van der Waals surface area contributed by atoms with Crippen LogP contribution in [-0.2, 0) is 6.42 Å². The second kappa shape index (κ2) is 6.80. The molecule has 0 saturated carbocycles. The second-order valence-corrected chi connectivity index (χ2v) is 8.04. The van der Waals surface area contributed by atoms with Gasteiger partial charge in [-0.05, 0) is 47.6 Å². The molecule has 0 saturated heterocycles. The second-order valence-electron chi connectivity index (χ2n) is 7.02. The Hall–Kier alpha value is -3.56. The van der Waals surface area contributed by atoms with Gasteiger partial charge in [-0.2, -0.15) is 0 Å². The Bertz CT molecular complexity index is 1350. The van der Waals surface area contributed by atoms with Crippen LogP contribution in [0.1, 0.15) is 28.3 Å². The van der Waals surface area contributed by atoms with Crippen molar-refractivity contribution in [3.8, 4) is 17.4 Å². The highest BCUT2D eigenvalue weighted by molar-refractivity contribution is 7.09. The monoisotopic (exact) mass is 400 g/mol. The van der Waals surface area contributed by atoms with Crippen LogP contribution in [0.4, 0.5) is 5.69 Å². The molecule has 0 amide bonds. The lowest BCUT2D eigenvalue weighted by molar-refractivity contribution is 0.447. The van der Waals surface area contributed by atoms with Gasteiger partial charge < -0.3 is 9.84 Å². The van der Waals surface area contributed by atoms with Gasteiger partial charge in [0.1, 0.15) is 11.5 Å². The highest BCUT2D eigenvalue weighted by Gasteiger charge is 2.28. The van der Waals surface area contributed by atoms with Crippen LogP contribution in [0, 0.1) is 6.57 Å². The summed E-state index contributed by atoms with van der Waals surface area (Å²) in [6.45, 7) is 7.35. The van der Waals surface area contributed by atoms with Crippen molar-refractivity contribution in [1.82, 2.24) is 4.98 Å². The standard InChI is InChI=1S/C23H16N2O3S/c1-24-19-10-11-20(17-5-3-2-4-16(17)19)28-14-7-9-15-13(12-14)6-8-18(15)21-22(26)25-23(27)29-21/h2-5,7,9-12,18,26H,6,8H2,(H,25,27)/t18-/m1/s1. The maximum Gasteiger partial charge on any atom is 0.307 e. The largest absolute Gasteiger partial charge is 0.494 e. The molecule has 1 heterocycles. The van der Waals surface area contributed by atoms with E-state index in [9.17, 15) is 9.90 Å². The molecule has 0 unspecified atom stereocenters. The van der Waals surface area contributed by atoms with Gasteiger partial charge in [-0.3, -0.25) is 9.78 Å². The summed E-state index contributed by atoms with van der Waals surface area (Å²) in [5.74, 6) is 1.45. The zero-order valence-electron chi connectivity index (χ0n) is 15.3. The summed E-state index contributed by atoms with van der Waals surface area (Å²) in [5.41, 5.74) is 2.89. The van der Waals surface area contributed by atoms with Crippen molar-refractivity contribution < 1.29 is 9.84 Å². The van der Waals surface area contributed by atoms with Crippen LogP contribution >= 0.6 is 11.3 Å². The SMILES string of the molecule is [C-]#[N+]c1ccc(Oc2ccc3c(c2)CC[C@H]3c2sc(=O)[nH]c2O)c2ccccc12. The van der Waals surface area contributed by atoms with E-state index in [0.29, 0.717) is 16.3 Å². The average molecular weight is 400 g/mol. The minimum absolute atomic E-state index is 0.0236. The van der Waals surface area contributed by atoms with E-state index in [1.165, 1.54) is 0 Å². The van der Waals surface area contributed by atoms with E-state index in [1.807, 2.05) is 48.5 Å². The van der Waals surface area contributed by atoms with Crippen molar-refractivity contribution in [3.63, 3.8) is 0 Å². The number of nitrogens with one attached hydrogen (secondary N) is 1. The molecular weight excluding hydrogens is 384 g/mol. The number of aromatic hydroxyl groups is 1. The first kappa shape index (κ1) is 17.5. The summed E-state index contributed by atoms with van der Waals surface area (Å²) in [6, 6.07) is 17.3. The van der Waals surface area contributed by atoms with Crippen molar-refractivity contribution in [2.24, 2.45) is 0 Å². The number of ether oxygens (including phenoxy) is 1. The first-order chi connectivity index (χ1) is 14.1. The molecule has 0 spiro atoms. The Kier molecular flexibility index (Phi) is 4.11. The number of thiazole rings is 1. The fourth-order valence-corrected chi connectivity index (χ4v) is 4.95. The van der Waals surface area contributed by atoms with Crippen molar-refractivity contribution >= 4 is 27.8 Å². The molecule has 5 rings (SSSR count). The Morgan fingerprint density at radius 2 is 1.97 bits per heavy atom. The fourth-order valence-electron chi connectivity index (χ4n) is 4.07. The van der Waals surface area contributed by atoms with Gasteiger partial charge in [0, 0.05) is 11.3 Å². The summed E-state index contributed by atoms with van der Waals surface area (Å²) >= 11 is 1.07. The van der Waals surface area contributed by atoms with E-state index in [4.69, 9.17) is 11.3 Å². The smallest absolute Gasteiger partial charge is 0.307 e. The molecule has 4 aromatic rings. The fraction of sp³-hybridized carbons (Fsp3) is 0.130. The van der Waals surface area contributed by atoms with E-state index in [2.05, 4.69) is 9.83 Å². The predicted molar refractivity (Wildman–Crippen MR) is 113 cm³/mol. The Morgan fingerprint density at radius 3 is 2.72 bits per heavy atom. The average Bonchev–Trinajstić information content (AvgIpc) is 3.29. The molecule has 2 N–H and O–H groups in total. The van der Waals surface area contributed by atoms with Crippen LogP contribution in [-0.4, -0.2) is 10.1 Å². The number of rotatable bonds is 3. The predicted octanol–water partition coefficient (Wildman–Crippen LogP) is 5.72. The third-order valence-corrected chi connectivity index (χ3v) is 6.36. The molecule has 3 aromatic carbocycles. The Balaban J connectivity index is 1.50. The normalized spacial score (nSPS) is 15.2. The van der Waals surface area contributed by atoms with Gasteiger partial charge in [0.25, 0.3) is 0 Å². The number of hydrogen-bond donors (Lipinski definition) is 2. The van der Waals surface area contributed by atoms with Crippen molar-refractivity contribution in [3.05, 3.63) is 91.7 Å². The molecule has 1 aliphatic carbocycles. The minimum Gasteiger partial charge on any atom is -0.494 e. The molecule has 1 aromatic heterocycles. The van der Waals surface area contributed by atoms with Gasteiger partial charge >= 0.3 is 4.87 Å². The molecule has 0 aliphatic heterocycles. The highest BCUT2D eigenvalue weighted by atomic mass is 32.1. The van der Waals surface area contributed by atoms with E-state index in [-0.39, 0.29) is 16.7 Å². The van der Waals surface area contributed by atoms with E-state index >= 15 is 0 Å². The molecule has 0 fully saturated rings. The first-order valence-corrected chi connectivity index (χ1v) is 10.1. The number of benzene rings is 3. The van der Waals surface area contributed by atoms with Crippen LogP contribution in [0.2, 0.25) is 0 Å². The summed E-state index contributed by atoms with van der Waals surface area (Å²) < 4.78 is 6.18. The topological polar surface area (TPSA) is 66.7 Å². The van der Waals surface area contributed by atoms with Gasteiger partial charge in [0.05, 0.1) is 11.4 Å². The number of H-pyrrole nitrogens is 1. The van der Waals surface area contributed by atoms with Crippen LogP contribution in [0.25, 0.3) is 15.6 Å². The number of hydrogen-bond acceptors (Lipinski definition) is 4. The van der Waals surface area contributed by atoms with Crippen molar-refractivity contribution in [1.29, 1.82) is 0 Å². The Labute approximate surface area is 170 Å². The summed E-state index contributed by atoms with van der Waals surface area (Å²) in [7, 11) is 0. The number of nitrogens with zero attached hydrogens (tertiary/aromatic N) is 1. The zero-order valence-corrected chi connectivity index (χ0v) is 16.1. The number of aromatic nitrogens is 1. The summed E-state index contributed by atoms with van der Waals surface area (Å²) in [4.78, 5) is 18.1. The van der Waals surface area contributed by atoms with Gasteiger partial charge in [0.2, 0.25) is 5.88 Å². The molecule has 0 radical (unpaired) electrons. The van der Waals surface area contributed by atoms with Gasteiger partial charge in [0.15, 0.2) is 5.69 Å². The van der Waals surface area contributed by atoms with E-state index in [0.717, 1.165) is 51.8 Å². The zero-order chi connectivity index (χ0) is 20.0. The molecule has 29 heavy (non-hydrogen) atoms. The van der Waals surface area contributed by atoms with Gasteiger partial charge in [-0.15, -0.1) is 0 Å². The van der Waals surface area contributed by atoms with Crippen LogP contribution in [0.3, 0.4) is 0 Å². The van der Waals surface area contributed by atoms with Gasteiger partial charge in [-0.25, -0.2) is 4.85 Å². The van der Waals surface area contributed by atoms with Crippen molar-refractivity contribution in [2.45, 2.75) is 18.8 Å². The number of fused-ring (bicyclic) bond motifs is 2. The molecule has 0 bridgehead atoms. The molecule has 5 nitrogen and oxygen atoms in total. The maximum atomic E-state index is 11.6. The summed E-state index contributed by atoms with van der Waals surface area (Å²) in [5, 5.41) is 11.8. The molecule has 1 aliphatic rings. The van der Waals surface area contributed by atoms with Crippen LogP contribution < -0.4 is 9.61 Å². The maximum absolute atomic E-state index is 11.6. The van der Waals surface area contributed by atoms with Crippen LogP contribution in [0.5, 0.6) is 17.4 Å². The molecule has 142 valence electrons. The van der Waals surface area contributed by atoms with Crippen molar-refractivity contribution in [2.75, 3.05) is 0 Å². The highest BCUT2D eigenvalue weighted by Crippen LogP contribution is 2.44. The lowest BCUT2D eigenvalue weighted by Crippen LogP contribution is -1.94. The molecule has 6 heteroatoms. The molecular formula is C23H16N2O3S. The van der Waals surface area contributed by atoms with Crippen LogP contribution in [0.15, 0.2) is 59.4 Å². The quantitative estimate of drug-likeness (QED) is 0.433.